The van der Waals surface area contributed by atoms with Crippen LogP contribution in [0.25, 0.3) is 0 Å². The molecule has 0 amide bonds. The average molecular weight is 128 g/mol. The van der Waals surface area contributed by atoms with Crippen LogP contribution < -0.4 is 0 Å². The molecule has 0 aromatic rings. The summed E-state index contributed by atoms with van der Waals surface area (Å²) in [5, 5.41) is 5.59. The SMILES string of the molecule is CC(C)CN1N=CCO1. The van der Waals surface area contributed by atoms with E-state index in [4.69, 9.17) is 4.84 Å². The molecule has 52 valence electrons. The van der Waals surface area contributed by atoms with E-state index in [1.165, 1.54) is 0 Å². The molecule has 0 saturated carbocycles. The predicted molar refractivity (Wildman–Crippen MR) is 36.0 cm³/mol. The Morgan fingerprint density at radius 1 is 1.78 bits per heavy atom. The second-order valence-electron chi connectivity index (χ2n) is 2.52. The van der Waals surface area contributed by atoms with E-state index in [0.29, 0.717) is 12.5 Å². The molecule has 1 heterocycles. The quantitative estimate of drug-likeness (QED) is 0.551. The Bertz CT molecular complexity index is 112. The van der Waals surface area contributed by atoms with Gasteiger partial charge in [0.05, 0.1) is 12.8 Å². The molecule has 9 heavy (non-hydrogen) atoms. The van der Waals surface area contributed by atoms with Crippen molar-refractivity contribution in [3.05, 3.63) is 0 Å². The molecule has 0 bridgehead atoms. The van der Waals surface area contributed by atoms with Crippen molar-refractivity contribution in [1.82, 2.24) is 5.17 Å². The zero-order valence-electron chi connectivity index (χ0n) is 5.87. The number of hydroxylamine groups is 1. The third kappa shape index (κ3) is 2.01. The molecule has 0 fully saturated rings. The number of nitrogens with zero attached hydrogens (tertiary/aromatic N) is 2. The van der Waals surface area contributed by atoms with E-state index in [-0.39, 0.29) is 0 Å². The van der Waals surface area contributed by atoms with E-state index in [2.05, 4.69) is 18.9 Å². The fraction of sp³-hybridized carbons (Fsp3) is 0.833. The maximum Gasteiger partial charge on any atom is 0.114 e. The molecule has 0 saturated heterocycles. The summed E-state index contributed by atoms with van der Waals surface area (Å²) in [6.45, 7) is 5.79. The first kappa shape index (κ1) is 6.55. The lowest BCUT2D eigenvalue weighted by molar-refractivity contribution is -0.131. The Morgan fingerprint density at radius 2 is 2.56 bits per heavy atom. The topological polar surface area (TPSA) is 24.8 Å². The first-order valence-corrected chi connectivity index (χ1v) is 3.22. The van der Waals surface area contributed by atoms with Gasteiger partial charge in [-0.3, -0.25) is 4.84 Å². The third-order valence-electron chi connectivity index (χ3n) is 1.03. The second-order valence-corrected chi connectivity index (χ2v) is 2.52. The van der Waals surface area contributed by atoms with Gasteiger partial charge in [-0.25, -0.2) is 0 Å². The van der Waals surface area contributed by atoms with E-state index in [9.17, 15) is 0 Å². The van der Waals surface area contributed by atoms with Gasteiger partial charge in [-0.15, -0.1) is 0 Å². The summed E-state index contributed by atoms with van der Waals surface area (Å²) in [6, 6.07) is 0. The van der Waals surface area contributed by atoms with Crippen molar-refractivity contribution in [2.75, 3.05) is 13.2 Å². The number of hydrogen-bond acceptors (Lipinski definition) is 3. The molecule has 0 aliphatic carbocycles. The normalized spacial score (nSPS) is 17.9. The minimum absolute atomic E-state index is 0.611. The largest absolute Gasteiger partial charge is 0.251 e. The Balaban J connectivity index is 2.20. The summed E-state index contributed by atoms with van der Waals surface area (Å²) >= 11 is 0. The molecule has 0 aromatic carbocycles. The monoisotopic (exact) mass is 128 g/mol. The van der Waals surface area contributed by atoms with Gasteiger partial charge in [0.25, 0.3) is 0 Å². The predicted octanol–water partition coefficient (Wildman–Crippen LogP) is 0.875. The molecule has 1 aliphatic rings. The summed E-state index contributed by atoms with van der Waals surface area (Å²) in [4.78, 5) is 5.07. The zero-order valence-corrected chi connectivity index (χ0v) is 5.87. The fourth-order valence-electron chi connectivity index (χ4n) is 0.689. The summed E-state index contributed by atoms with van der Waals surface area (Å²) in [7, 11) is 0. The van der Waals surface area contributed by atoms with E-state index in [1.807, 2.05) is 0 Å². The zero-order chi connectivity index (χ0) is 6.69. The van der Waals surface area contributed by atoms with Crippen LogP contribution in [0.5, 0.6) is 0 Å². The minimum Gasteiger partial charge on any atom is -0.251 e. The van der Waals surface area contributed by atoms with Crippen molar-refractivity contribution in [3.63, 3.8) is 0 Å². The van der Waals surface area contributed by atoms with Gasteiger partial charge >= 0.3 is 0 Å². The summed E-state index contributed by atoms with van der Waals surface area (Å²) in [6.07, 6.45) is 1.77. The maximum absolute atomic E-state index is 5.07. The van der Waals surface area contributed by atoms with Crippen LogP contribution in [0.1, 0.15) is 13.8 Å². The molecule has 0 unspecified atom stereocenters. The number of hydrazone groups is 1. The van der Waals surface area contributed by atoms with Gasteiger partial charge in [0, 0.05) is 0 Å². The highest BCUT2D eigenvalue weighted by molar-refractivity contribution is 5.58. The Hall–Kier alpha value is -0.570. The highest BCUT2D eigenvalue weighted by Gasteiger charge is 2.06. The van der Waals surface area contributed by atoms with E-state index in [0.717, 1.165) is 6.54 Å². The fourth-order valence-corrected chi connectivity index (χ4v) is 0.689. The van der Waals surface area contributed by atoms with Crippen LogP contribution in [0, 0.1) is 5.92 Å². The van der Waals surface area contributed by atoms with Gasteiger partial charge in [-0.05, 0) is 5.92 Å². The highest BCUT2D eigenvalue weighted by atomic mass is 16.7. The minimum atomic E-state index is 0.611. The Labute approximate surface area is 55.3 Å². The van der Waals surface area contributed by atoms with E-state index < -0.39 is 0 Å². The smallest absolute Gasteiger partial charge is 0.114 e. The van der Waals surface area contributed by atoms with Crippen molar-refractivity contribution >= 4 is 6.21 Å². The van der Waals surface area contributed by atoms with Crippen molar-refractivity contribution < 1.29 is 4.84 Å². The van der Waals surface area contributed by atoms with Crippen LogP contribution in [-0.2, 0) is 4.84 Å². The van der Waals surface area contributed by atoms with E-state index in [1.54, 1.807) is 11.4 Å². The van der Waals surface area contributed by atoms with Crippen LogP contribution in [0.2, 0.25) is 0 Å². The van der Waals surface area contributed by atoms with Crippen LogP contribution in [-0.4, -0.2) is 24.5 Å². The van der Waals surface area contributed by atoms with Crippen molar-refractivity contribution in [3.8, 4) is 0 Å². The Morgan fingerprint density at radius 3 is 3.00 bits per heavy atom. The van der Waals surface area contributed by atoms with Gasteiger partial charge in [-0.1, -0.05) is 13.8 Å². The van der Waals surface area contributed by atoms with Crippen molar-refractivity contribution in [2.24, 2.45) is 11.0 Å². The molecule has 1 aliphatic heterocycles. The number of rotatable bonds is 2. The van der Waals surface area contributed by atoms with Crippen molar-refractivity contribution in [2.45, 2.75) is 13.8 Å². The lowest BCUT2D eigenvalue weighted by atomic mass is 10.2. The molecule has 3 nitrogen and oxygen atoms in total. The van der Waals surface area contributed by atoms with Crippen LogP contribution in [0.4, 0.5) is 0 Å². The van der Waals surface area contributed by atoms with Gasteiger partial charge in [-0.2, -0.15) is 10.3 Å². The summed E-state index contributed by atoms with van der Waals surface area (Å²) < 4.78 is 0. The van der Waals surface area contributed by atoms with Gasteiger partial charge in [0.15, 0.2) is 0 Å². The molecule has 1 rings (SSSR count). The first-order valence-electron chi connectivity index (χ1n) is 3.22. The number of hydrogen-bond donors (Lipinski definition) is 0. The molecular weight excluding hydrogens is 116 g/mol. The van der Waals surface area contributed by atoms with Crippen LogP contribution in [0.15, 0.2) is 5.10 Å². The average Bonchev–Trinajstić information content (AvgIpc) is 2.15. The van der Waals surface area contributed by atoms with Gasteiger partial charge in [0.1, 0.15) is 6.61 Å². The lowest BCUT2D eigenvalue weighted by Gasteiger charge is -2.13. The molecule has 0 radical (unpaired) electrons. The standard InChI is InChI=1S/C6H12N2O/c1-6(2)5-8-7-3-4-9-8/h3,6H,4-5H2,1-2H3. The first-order chi connectivity index (χ1) is 4.29. The van der Waals surface area contributed by atoms with Gasteiger partial charge < -0.3 is 0 Å². The van der Waals surface area contributed by atoms with Crippen LogP contribution in [0.3, 0.4) is 0 Å². The molecule has 0 N–H and O–H groups in total. The third-order valence-corrected chi connectivity index (χ3v) is 1.03. The van der Waals surface area contributed by atoms with E-state index >= 15 is 0 Å². The molecule has 0 atom stereocenters. The lowest BCUT2D eigenvalue weighted by Crippen LogP contribution is -2.18. The Kier molecular flexibility index (Phi) is 2.05. The molecule has 3 heteroatoms. The second kappa shape index (κ2) is 2.82. The van der Waals surface area contributed by atoms with Gasteiger partial charge in [0.2, 0.25) is 0 Å². The van der Waals surface area contributed by atoms with Crippen molar-refractivity contribution in [1.29, 1.82) is 0 Å². The van der Waals surface area contributed by atoms with Crippen LogP contribution >= 0.6 is 0 Å². The highest BCUT2D eigenvalue weighted by Crippen LogP contribution is 2.02. The maximum atomic E-state index is 5.07. The summed E-state index contributed by atoms with van der Waals surface area (Å²) in [5.41, 5.74) is 0. The molecular formula is C6H12N2O. The summed E-state index contributed by atoms with van der Waals surface area (Å²) in [5.74, 6) is 0.611. The molecule has 0 spiro atoms. The molecule has 0 aromatic heterocycles.